The maximum atomic E-state index is 6.60. The molecule has 2 atom stereocenters. The lowest BCUT2D eigenvalue weighted by Crippen LogP contribution is -2.62. The first-order chi connectivity index (χ1) is 8.29. The predicted molar refractivity (Wildman–Crippen MR) is 74.4 cm³/mol. The molecule has 2 saturated carbocycles. The van der Waals surface area contributed by atoms with Gasteiger partial charge in [0, 0.05) is 6.54 Å². The molecular weight excluding hydrogens is 222 g/mol. The van der Waals surface area contributed by atoms with E-state index >= 15 is 0 Å². The zero-order valence-electron chi connectivity index (χ0n) is 12.5. The average molecular weight is 251 g/mol. The van der Waals surface area contributed by atoms with Gasteiger partial charge in [-0.05, 0) is 48.9 Å². The topological polar surface area (TPSA) is 21.3 Å². The van der Waals surface area contributed by atoms with Crippen LogP contribution in [0.2, 0.25) is 0 Å². The molecule has 18 heavy (non-hydrogen) atoms. The van der Waals surface area contributed by atoms with Crippen molar-refractivity contribution in [2.75, 3.05) is 6.54 Å². The molecule has 2 unspecified atom stereocenters. The van der Waals surface area contributed by atoms with Gasteiger partial charge >= 0.3 is 0 Å². The summed E-state index contributed by atoms with van der Waals surface area (Å²) in [7, 11) is 0. The summed E-state index contributed by atoms with van der Waals surface area (Å²) in [6.07, 6.45) is 8.20. The Morgan fingerprint density at radius 1 is 0.944 bits per heavy atom. The monoisotopic (exact) mass is 251 g/mol. The van der Waals surface area contributed by atoms with E-state index in [4.69, 9.17) is 4.74 Å². The molecule has 0 radical (unpaired) electrons. The Bertz CT molecular complexity index is 318. The fourth-order valence-corrected chi connectivity index (χ4v) is 5.28. The highest BCUT2D eigenvalue weighted by Gasteiger charge is 2.52. The molecule has 3 fully saturated rings. The molecule has 0 aromatic heterocycles. The maximum Gasteiger partial charge on any atom is 0.120 e. The average Bonchev–Trinajstić information content (AvgIpc) is 2.58. The van der Waals surface area contributed by atoms with Gasteiger partial charge in [0.15, 0.2) is 0 Å². The Balaban J connectivity index is 1.81. The summed E-state index contributed by atoms with van der Waals surface area (Å²) in [6, 6.07) is 0. The van der Waals surface area contributed by atoms with Gasteiger partial charge in [-0.3, -0.25) is 5.32 Å². The summed E-state index contributed by atoms with van der Waals surface area (Å²) in [5.41, 5.74) is 0.747. The van der Waals surface area contributed by atoms with E-state index < -0.39 is 0 Å². The first-order valence-electron chi connectivity index (χ1n) is 7.72. The van der Waals surface area contributed by atoms with Crippen molar-refractivity contribution >= 4 is 0 Å². The van der Waals surface area contributed by atoms with Crippen molar-refractivity contribution in [3.05, 3.63) is 0 Å². The molecule has 1 saturated heterocycles. The number of fused-ring (bicyclic) bond motifs is 1. The van der Waals surface area contributed by atoms with Gasteiger partial charge in [-0.2, -0.15) is 0 Å². The first-order valence-corrected chi connectivity index (χ1v) is 7.72. The fourth-order valence-electron chi connectivity index (χ4n) is 5.28. The Kier molecular flexibility index (Phi) is 2.84. The molecule has 1 heterocycles. The molecule has 3 rings (SSSR count). The van der Waals surface area contributed by atoms with E-state index in [-0.39, 0.29) is 5.72 Å². The minimum Gasteiger partial charge on any atom is -0.357 e. The van der Waals surface area contributed by atoms with Crippen molar-refractivity contribution in [2.45, 2.75) is 78.0 Å². The predicted octanol–water partition coefficient (Wildman–Crippen LogP) is 3.71. The third kappa shape index (κ3) is 2.34. The van der Waals surface area contributed by atoms with Gasteiger partial charge in [0.05, 0.1) is 6.10 Å². The van der Waals surface area contributed by atoms with Crippen LogP contribution in [0.4, 0.5) is 0 Å². The fraction of sp³-hybridized carbons (Fsp3) is 1.00. The zero-order valence-corrected chi connectivity index (χ0v) is 12.5. The number of ether oxygens (including phenoxy) is 1. The van der Waals surface area contributed by atoms with Crippen LogP contribution in [0.3, 0.4) is 0 Å². The van der Waals surface area contributed by atoms with Crippen LogP contribution < -0.4 is 5.32 Å². The molecular formula is C16H29NO. The molecule has 1 aliphatic heterocycles. The van der Waals surface area contributed by atoms with Gasteiger partial charge in [0.1, 0.15) is 5.72 Å². The third-order valence-corrected chi connectivity index (χ3v) is 5.14. The summed E-state index contributed by atoms with van der Waals surface area (Å²) < 4.78 is 6.60. The summed E-state index contributed by atoms with van der Waals surface area (Å²) in [5, 5.41) is 3.79. The molecule has 2 heteroatoms. The van der Waals surface area contributed by atoms with Crippen LogP contribution in [0.5, 0.6) is 0 Å². The van der Waals surface area contributed by atoms with Crippen molar-refractivity contribution < 1.29 is 4.74 Å². The Morgan fingerprint density at radius 3 is 2.28 bits per heavy atom. The van der Waals surface area contributed by atoms with E-state index in [1.165, 1.54) is 45.1 Å². The largest absolute Gasteiger partial charge is 0.357 e. The van der Waals surface area contributed by atoms with Crippen LogP contribution >= 0.6 is 0 Å². The van der Waals surface area contributed by atoms with Gasteiger partial charge in [0.25, 0.3) is 0 Å². The van der Waals surface area contributed by atoms with Gasteiger partial charge in [0.2, 0.25) is 0 Å². The second-order valence-corrected chi connectivity index (χ2v) is 8.58. The number of hydrogen-bond donors (Lipinski definition) is 1. The normalized spacial score (nSPS) is 40.7. The van der Waals surface area contributed by atoms with Gasteiger partial charge in [-0.1, -0.05) is 34.1 Å². The Labute approximate surface area is 112 Å². The smallest absolute Gasteiger partial charge is 0.120 e. The molecule has 0 aromatic rings. The van der Waals surface area contributed by atoms with Crippen molar-refractivity contribution in [2.24, 2.45) is 16.7 Å². The van der Waals surface area contributed by atoms with Crippen LogP contribution in [-0.4, -0.2) is 18.4 Å². The molecule has 0 aromatic carbocycles. The minimum absolute atomic E-state index is 0.0310. The van der Waals surface area contributed by atoms with Crippen LogP contribution in [0.1, 0.15) is 66.2 Å². The Morgan fingerprint density at radius 2 is 1.61 bits per heavy atom. The highest BCUT2D eigenvalue weighted by atomic mass is 16.5. The standard InChI is InChI=1S/C16H29NO/c1-14(2)9-15(3,4)11-16(10-14)17-8-12-6-5-7-13(12)18-16/h12-13,17H,5-11H2,1-4H3. The van der Waals surface area contributed by atoms with Gasteiger partial charge in [-0.15, -0.1) is 0 Å². The highest BCUT2D eigenvalue weighted by Crippen LogP contribution is 2.52. The lowest BCUT2D eigenvalue weighted by Gasteiger charge is -2.55. The lowest BCUT2D eigenvalue weighted by atomic mass is 9.61. The van der Waals surface area contributed by atoms with Crippen LogP contribution in [0.15, 0.2) is 0 Å². The third-order valence-electron chi connectivity index (χ3n) is 5.14. The highest BCUT2D eigenvalue weighted by molar-refractivity contribution is 5.01. The molecule has 3 aliphatic rings. The van der Waals surface area contributed by atoms with Crippen LogP contribution in [0.25, 0.3) is 0 Å². The van der Waals surface area contributed by atoms with Crippen LogP contribution in [0, 0.1) is 16.7 Å². The van der Waals surface area contributed by atoms with Crippen molar-refractivity contribution in [1.82, 2.24) is 5.32 Å². The number of hydrogen-bond acceptors (Lipinski definition) is 2. The van der Waals surface area contributed by atoms with Crippen molar-refractivity contribution in [3.63, 3.8) is 0 Å². The summed E-state index contributed by atoms with van der Waals surface area (Å²) in [6.45, 7) is 10.8. The zero-order chi connectivity index (χ0) is 13.0. The van der Waals surface area contributed by atoms with Gasteiger partial charge < -0.3 is 4.74 Å². The molecule has 0 bridgehead atoms. The maximum absolute atomic E-state index is 6.60. The number of nitrogens with one attached hydrogen (secondary N) is 1. The molecule has 2 nitrogen and oxygen atoms in total. The molecule has 104 valence electrons. The first kappa shape index (κ1) is 12.9. The van der Waals surface area contributed by atoms with E-state index in [0.717, 1.165) is 5.92 Å². The molecule has 1 N–H and O–H groups in total. The summed E-state index contributed by atoms with van der Waals surface area (Å²) in [5.74, 6) is 0.781. The van der Waals surface area contributed by atoms with E-state index in [0.29, 0.717) is 16.9 Å². The molecule has 1 spiro atoms. The quantitative estimate of drug-likeness (QED) is 0.708. The minimum atomic E-state index is -0.0310. The van der Waals surface area contributed by atoms with E-state index in [1.807, 2.05) is 0 Å². The lowest BCUT2D eigenvalue weighted by molar-refractivity contribution is -0.208. The van der Waals surface area contributed by atoms with E-state index in [2.05, 4.69) is 33.0 Å². The van der Waals surface area contributed by atoms with E-state index in [9.17, 15) is 0 Å². The molecule has 2 aliphatic carbocycles. The SMILES string of the molecule is CC1(C)CC(C)(C)CC2(C1)NCC1CCCC1O2. The Hall–Kier alpha value is -0.0800. The van der Waals surface area contributed by atoms with Crippen molar-refractivity contribution in [1.29, 1.82) is 0 Å². The number of rotatable bonds is 0. The molecule has 0 amide bonds. The second kappa shape index (κ2) is 3.96. The van der Waals surface area contributed by atoms with E-state index in [1.54, 1.807) is 0 Å². The van der Waals surface area contributed by atoms with Crippen LogP contribution in [-0.2, 0) is 4.74 Å². The second-order valence-electron chi connectivity index (χ2n) is 8.58. The van der Waals surface area contributed by atoms with Gasteiger partial charge in [-0.25, -0.2) is 0 Å². The summed E-state index contributed by atoms with van der Waals surface area (Å²) in [4.78, 5) is 0. The summed E-state index contributed by atoms with van der Waals surface area (Å²) >= 11 is 0. The van der Waals surface area contributed by atoms with Crippen molar-refractivity contribution in [3.8, 4) is 0 Å².